The van der Waals surface area contributed by atoms with E-state index in [0.29, 0.717) is 5.82 Å². The lowest BCUT2D eigenvalue weighted by Crippen LogP contribution is -2.14. The Balaban J connectivity index is 2.17. The Labute approximate surface area is 102 Å². The molecule has 0 aliphatic heterocycles. The van der Waals surface area contributed by atoms with Crippen molar-refractivity contribution in [2.24, 2.45) is 5.73 Å². The van der Waals surface area contributed by atoms with Gasteiger partial charge < -0.3 is 10.5 Å². The van der Waals surface area contributed by atoms with Crippen LogP contribution in [0.1, 0.15) is 16.2 Å². The molecule has 2 aromatic heterocycles. The van der Waals surface area contributed by atoms with E-state index < -0.39 is 11.7 Å². The van der Waals surface area contributed by atoms with E-state index in [1.165, 1.54) is 0 Å². The van der Waals surface area contributed by atoms with Crippen LogP contribution in [0.5, 0.6) is 5.88 Å². The summed E-state index contributed by atoms with van der Waals surface area (Å²) in [6.45, 7) is 0.0136. The van der Waals surface area contributed by atoms with E-state index in [9.17, 15) is 9.18 Å². The van der Waals surface area contributed by atoms with Crippen molar-refractivity contribution in [2.75, 3.05) is 0 Å². The first-order chi connectivity index (χ1) is 8.66. The summed E-state index contributed by atoms with van der Waals surface area (Å²) < 4.78 is 18.2. The Morgan fingerprint density at radius 2 is 2.06 bits per heavy atom. The molecule has 0 fully saturated rings. The summed E-state index contributed by atoms with van der Waals surface area (Å²) in [6, 6.07) is 2.63. The number of rotatable bonds is 4. The Hall–Kier alpha value is -2.57. The average molecular weight is 248 g/mol. The lowest BCUT2D eigenvalue weighted by molar-refractivity contribution is 0.0994. The van der Waals surface area contributed by atoms with Gasteiger partial charge in [0.1, 0.15) is 18.0 Å². The van der Waals surface area contributed by atoms with Gasteiger partial charge in [-0.15, -0.1) is 0 Å². The van der Waals surface area contributed by atoms with Gasteiger partial charge in [0.25, 0.3) is 5.91 Å². The maximum atomic E-state index is 12.9. The molecule has 0 radical (unpaired) electrons. The van der Waals surface area contributed by atoms with E-state index in [0.717, 1.165) is 12.3 Å². The van der Waals surface area contributed by atoms with Crippen LogP contribution < -0.4 is 10.5 Å². The number of halogens is 1. The molecule has 2 N–H and O–H groups in total. The third-order valence-corrected chi connectivity index (χ3v) is 2.04. The van der Waals surface area contributed by atoms with Gasteiger partial charge in [-0.3, -0.25) is 4.79 Å². The maximum Gasteiger partial charge on any atom is 0.254 e. The van der Waals surface area contributed by atoms with Crippen molar-refractivity contribution in [1.82, 2.24) is 15.0 Å². The van der Waals surface area contributed by atoms with Crippen LogP contribution in [-0.2, 0) is 6.61 Å². The van der Waals surface area contributed by atoms with Crippen molar-refractivity contribution in [1.29, 1.82) is 0 Å². The van der Waals surface area contributed by atoms with Crippen LogP contribution in [0.25, 0.3) is 0 Å². The fraction of sp³-hybridized carbons (Fsp3) is 0.0909. The van der Waals surface area contributed by atoms with Gasteiger partial charge in [-0.05, 0) is 12.1 Å². The monoisotopic (exact) mass is 248 g/mol. The van der Waals surface area contributed by atoms with E-state index in [2.05, 4.69) is 15.0 Å². The number of ether oxygens (including phenoxy) is 1. The van der Waals surface area contributed by atoms with Crippen LogP contribution in [0.15, 0.2) is 30.7 Å². The first-order valence-electron chi connectivity index (χ1n) is 5.01. The topological polar surface area (TPSA) is 91.0 Å². The Kier molecular flexibility index (Phi) is 3.42. The van der Waals surface area contributed by atoms with Gasteiger partial charge in [-0.1, -0.05) is 0 Å². The maximum absolute atomic E-state index is 12.9. The number of carbonyl (C=O) groups is 1. The number of amides is 1. The van der Waals surface area contributed by atoms with Crippen molar-refractivity contribution in [3.63, 3.8) is 0 Å². The van der Waals surface area contributed by atoms with E-state index in [1.54, 1.807) is 18.5 Å². The number of hydrogen-bond donors (Lipinski definition) is 1. The van der Waals surface area contributed by atoms with Crippen LogP contribution >= 0.6 is 0 Å². The quantitative estimate of drug-likeness (QED) is 0.859. The minimum atomic E-state index is -0.814. The molecule has 92 valence electrons. The molecule has 0 aliphatic rings. The molecule has 2 rings (SSSR count). The molecule has 0 atom stereocenters. The summed E-state index contributed by atoms with van der Waals surface area (Å²) in [6.07, 6.45) is 4.05. The standard InChI is InChI=1S/C11H9FN4O2/c12-7-4-8(10(13)17)11(16-5-7)18-6-9-14-2-1-3-15-9/h1-5H,6H2,(H2,13,17). The fourth-order valence-corrected chi connectivity index (χ4v) is 1.26. The van der Waals surface area contributed by atoms with Crippen molar-refractivity contribution in [2.45, 2.75) is 6.61 Å². The third kappa shape index (κ3) is 2.76. The van der Waals surface area contributed by atoms with Crippen molar-refractivity contribution in [3.05, 3.63) is 47.9 Å². The van der Waals surface area contributed by atoms with Gasteiger partial charge in [0.15, 0.2) is 5.82 Å². The van der Waals surface area contributed by atoms with Crippen molar-refractivity contribution >= 4 is 5.91 Å². The van der Waals surface area contributed by atoms with Gasteiger partial charge in [0.05, 0.1) is 6.20 Å². The van der Waals surface area contributed by atoms with E-state index in [4.69, 9.17) is 10.5 Å². The molecule has 0 aromatic carbocycles. The summed E-state index contributed by atoms with van der Waals surface area (Å²) in [7, 11) is 0. The second-order valence-corrected chi connectivity index (χ2v) is 3.32. The summed E-state index contributed by atoms with van der Waals surface area (Å²) in [5.41, 5.74) is 4.98. The summed E-state index contributed by atoms with van der Waals surface area (Å²) in [5, 5.41) is 0. The Morgan fingerprint density at radius 1 is 1.33 bits per heavy atom. The molecule has 18 heavy (non-hydrogen) atoms. The molecule has 6 nitrogen and oxygen atoms in total. The van der Waals surface area contributed by atoms with E-state index in [1.807, 2.05) is 0 Å². The van der Waals surface area contributed by atoms with Gasteiger partial charge in [0.2, 0.25) is 5.88 Å². The van der Waals surface area contributed by atoms with Crippen molar-refractivity contribution < 1.29 is 13.9 Å². The molecule has 2 heterocycles. The molecule has 2 aromatic rings. The van der Waals surface area contributed by atoms with Gasteiger partial charge in [-0.25, -0.2) is 19.3 Å². The predicted molar refractivity (Wildman–Crippen MR) is 59.1 cm³/mol. The number of primary amides is 1. The largest absolute Gasteiger partial charge is 0.469 e. The number of hydrogen-bond acceptors (Lipinski definition) is 5. The smallest absolute Gasteiger partial charge is 0.254 e. The predicted octanol–water partition coefficient (Wildman–Crippen LogP) is 0.689. The molecule has 0 saturated heterocycles. The van der Waals surface area contributed by atoms with Crippen LogP contribution in [0.3, 0.4) is 0 Å². The number of carbonyl (C=O) groups excluding carboxylic acids is 1. The van der Waals surface area contributed by atoms with Crippen LogP contribution in [0.4, 0.5) is 4.39 Å². The minimum Gasteiger partial charge on any atom is -0.469 e. The average Bonchev–Trinajstić information content (AvgIpc) is 2.38. The van der Waals surface area contributed by atoms with Crippen molar-refractivity contribution in [3.8, 4) is 5.88 Å². The van der Waals surface area contributed by atoms with Gasteiger partial charge in [-0.2, -0.15) is 0 Å². The molecule has 0 aliphatic carbocycles. The Bertz CT molecular complexity index is 562. The molecular formula is C11H9FN4O2. The van der Waals surface area contributed by atoms with E-state index >= 15 is 0 Å². The lowest BCUT2D eigenvalue weighted by Gasteiger charge is -2.07. The number of nitrogens with two attached hydrogens (primary N) is 1. The van der Waals surface area contributed by atoms with Crippen LogP contribution in [0, 0.1) is 5.82 Å². The van der Waals surface area contributed by atoms with Crippen LogP contribution in [0.2, 0.25) is 0 Å². The van der Waals surface area contributed by atoms with Crippen LogP contribution in [-0.4, -0.2) is 20.9 Å². The third-order valence-electron chi connectivity index (χ3n) is 2.04. The fourth-order valence-electron chi connectivity index (χ4n) is 1.26. The highest BCUT2D eigenvalue weighted by Gasteiger charge is 2.13. The number of nitrogens with zero attached hydrogens (tertiary/aromatic N) is 3. The molecule has 7 heteroatoms. The zero-order valence-electron chi connectivity index (χ0n) is 9.21. The zero-order chi connectivity index (χ0) is 13.0. The lowest BCUT2D eigenvalue weighted by atomic mass is 10.2. The highest BCUT2D eigenvalue weighted by molar-refractivity contribution is 5.94. The molecule has 0 spiro atoms. The molecule has 0 unspecified atom stereocenters. The first-order valence-corrected chi connectivity index (χ1v) is 5.01. The molecule has 0 saturated carbocycles. The normalized spacial score (nSPS) is 10.1. The number of pyridine rings is 1. The highest BCUT2D eigenvalue weighted by Crippen LogP contribution is 2.16. The van der Waals surface area contributed by atoms with Gasteiger partial charge >= 0.3 is 0 Å². The SMILES string of the molecule is NC(=O)c1cc(F)cnc1OCc1ncccn1. The molecule has 0 bridgehead atoms. The Morgan fingerprint density at radius 3 is 2.72 bits per heavy atom. The summed E-state index contributed by atoms with van der Waals surface area (Å²) in [5.74, 6) is -1.10. The molecule has 1 amide bonds. The number of aromatic nitrogens is 3. The molecular weight excluding hydrogens is 239 g/mol. The second-order valence-electron chi connectivity index (χ2n) is 3.32. The second kappa shape index (κ2) is 5.17. The zero-order valence-corrected chi connectivity index (χ0v) is 9.21. The summed E-state index contributed by atoms with van der Waals surface area (Å²) in [4.78, 5) is 22.6. The van der Waals surface area contributed by atoms with E-state index in [-0.39, 0.29) is 18.1 Å². The van der Waals surface area contributed by atoms with Gasteiger partial charge in [0, 0.05) is 12.4 Å². The first kappa shape index (κ1) is 11.9. The highest BCUT2D eigenvalue weighted by atomic mass is 19.1. The summed E-state index contributed by atoms with van der Waals surface area (Å²) >= 11 is 0. The minimum absolute atomic E-state index is 0.0136.